The quantitative estimate of drug-likeness (QED) is 0.877. The Hall–Kier alpha value is -2.95. The van der Waals surface area contributed by atoms with E-state index in [-0.39, 0.29) is 17.7 Å². The fraction of sp³-hybridized carbons (Fsp3) is 0.167. The summed E-state index contributed by atoms with van der Waals surface area (Å²) in [6, 6.07) is 14.3. The summed E-state index contributed by atoms with van der Waals surface area (Å²) in [6.45, 7) is 0.325. The van der Waals surface area contributed by atoms with Gasteiger partial charge in [-0.05, 0) is 30.2 Å². The first-order valence-electron chi connectivity index (χ1n) is 7.38. The molecule has 5 heteroatoms. The molecule has 2 aromatic carbocycles. The molecule has 3 amide bonds. The predicted molar refractivity (Wildman–Crippen MR) is 85.3 cm³/mol. The molecule has 0 unspecified atom stereocenters. The summed E-state index contributed by atoms with van der Waals surface area (Å²) in [5.41, 5.74) is 2.09. The molecule has 1 heterocycles. The zero-order valence-electron chi connectivity index (χ0n) is 12.7. The Morgan fingerprint density at radius 3 is 2.39 bits per heavy atom. The second-order valence-corrected chi connectivity index (χ2v) is 5.34. The zero-order chi connectivity index (χ0) is 16.4. The molecule has 1 aliphatic rings. The summed E-state index contributed by atoms with van der Waals surface area (Å²) in [4.78, 5) is 37.8. The predicted octanol–water partition coefficient (Wildman–Crippen LogP) is 1.88. The van der Waals surface area contributed by atoms with Crippen molar-refractivity contribution in [1.29, 1.82) is 0 Å². The maximum atomic E-state index is 12.5. The van der Waals surface area contributed by atoms with Gasteiger partial charge in [0, 0.05) is 19.2 Å². The monoisotopic (exact) mass is 308 g/mol. The molecule has 0 spiro atoms. The van der Waals surface area contributed by atoms with Crippen molar-refractivity contribution in [3.05, 3.63) is 70.8 Å². The molecule has 0 saturated carbocycles. The van der Waals surface area contributed by atoms with Crippen LogP contribution in [-0.2, 0) is 6.42 Å². The summed E-state index contributed by atoms with van der Waals surface area (Å²) in [5.74, 6) is -0.924. The molecular formula is C18H16N2O3. The molecule has 3 rings (SSSR count). The number of nitrogens with zero attached hydrogens (tertiary/aromatic N) is 1. The second kappa shape index (κ2) is 6.04. The molecule has 0 aromatic heterocycles. The van der Waals surface area contributed by atoms with Crippen LogP contribution in [0.3, 0.4) is 0 Å². The lowest BCUT2D eigenvalue weighted by molar-refractivity contribution is 0.0656. The molecule has 0 saturated heterocycles. The van der Waals surface area contributed by atoms with Crippen LogP contribution < -0.4 is 5.32 Å². The Kier molecular flexibility index (Phi) is 3.93. The van der Waals surface area contributed by atoms with Gasteiger partial charge in [0.05, 0.1) is 11.1 Å². The molecule has 2 aromatic rings. The van der Waals surface area contributed by atoms with Gasteiger partial charge in [-0.15, -0.1) is 0 Å². The van der Waals surface area contributed by atoms with Gasteiger partial charge in [0.25, 0.3) is 17.7 Å². The molecule has 1 N–H and O–H groups in total. The topological polar surface area (TPSA) is 66.5 Å². The van der Waals surface area contributed by atoms with Crippen molar-refractivity contribution in [3.8, 4) is 0 Å². The highest BCUT2D eigenvalue weighted by molar-refractivity contribution is 6.22. The highest BCUT2D eigenvalue weighted by atomic mass is 16.2. The van der Waals surface area contributed by atoms with Crippen molar-refractivity contribution in [1.82, 2.24) is 10.2 Å². The number of imide groups is 1. The van der Waals surface area contributed by atoms with Crippen LogP contribution in [-0.4, -0.2) is 36.2 Å². The van der Waals surface area contributed by atoms with Gasteiger partial charge in [-0.25, -0.2) is 0 Å². The minimum Gasteiger partial charge on any atom is -0.355 e. The number of carbonyl (C=O) groups is 3. The Morgan fingerprint density at radius 2 is 1.70 bits per heavy atom. The van der Waals surface area contributed by atoms with E-state index < -0.39 is 0 Å². The van der Waals surface area contributed by atoms with Crippen molar-refractivity contribution < 1.29 is 14.4 Å². The van der Waals surface area contributed by atoms with E-state index in [4.69, 9.17) is 0 Å². The van der Waals surface area contributed by atoms with Crippen LogP contribution >= 0.6 is 0 Å². The summed E-state index contributed by atoms with van der Waals surface area (Å²) in [6.07, 6.45) is 0.606. The first-order valence-corrected chi connectivity index (χ1v) is 7.38. The van der Waals surface area contributed by atoms with Gasteiger partial charge in [0.1, 0.15) is 0 Å². The van der Waals surface area contributed by atoms with Gasteiger partial charge in [0.15, 0.2) is 0 Å². The minimum absolute atomic E-state index is 0.282. The summed E-state index contributed by atoms with van der Waals surface area (Å²) in [5, 5.41) is 2.51. The van der Waals surface area contributed by atoms with E-state index in [2.05, 4.69) is 5.32 Å². The van der Waals surface area contributed by atoms with Crippen molar-refractivity contribution in [3.63, 3.8) is 0 Å². The lowest BCUT2D eigenvalue weighted by Gasteiger charge is -2.13. The van der Waals surface area contributed by atoms with Gasteiger partial charge in [-0.3, -0.25) is 19.3 Å². The SMILES string of the molecule is CNC(=O)c1ccc2c(c1)C(=O)N(CCc1ccccc1)C2=O. The number of fused-ring (bicyclic) bond motifs is 1. The van der Waals surface area contributed by atoms with Crippen molar-refractivity contribution in [2.45, 2.75) is 6.42 Å². The molecule has 1 aliphatic heterocycles. The normalized spacial score (nSPS) is 13.2. The van der Waals surface area contributed by atoms with Crippen molar-refractivity contribution in [2.24, 2.45) is 0 Å². The summed E-state index contributed by atoms with van der Waals surface area (Å²) in [7, 11) is 1.52. The van der Waals surface area contributed by atoms with Gasteiger partial charge in [-0.2, -0.15) is 0 Å². The van der Waals surface area contributed by atoms with Crippen LogP contribution in [0.1, 0.15) is 36.6 Å². The Bertz CT molecular complexity index is 784. The average molecular weight is 308 g/mol. The van der Waals surface area contributed by atoms with Gasteiger partial charge >= 0.3 is 0 Å². The molecule has 5 nitrogen and oxygen atoms in total. The minimum atomic E-state index is -0.341. The van der Waals surface area contributed by atoms with Gasteiger partial charge in [-0.1, -0.05) is 30.3 Å². The van der Waals surface area contributed by atoms with E-state index in [1.807, 2.05) is 30.3 Å². The number of hydrogen-bond acceptors (Lipinski definition) is 3. The molecule has 116 valence electrons. The Balaban J connectivity index is 1.81. The maximum Gasteiger partial charge on any atom is 0.261 e. The van der Waals surface area contributed by atoms with E-state index in [1.165, 1.54) is 18.0 Å². The fourth-order valence-electron chi connectivity index (χ4n) is 2.66. The summed E-state index contributed by atoms with van der Waals surface area (Å²) < 4.78 is 0. The maximum absolute atomic E-state index is 12.5. The number of carbonyl (C=O) groups excluding carboxylic acids is 3. The van der Waals surface area contributed by atoms with Crippen molar-refractivity contribution in [2.75, 3.05) is 13.6 Å². The number of hydrogen-bond donors (Lipinski definition) is 1. The molecule has 23 heavy (non-hydrogen) atoms. The standard InChI is InChI=1S/C18H16N2O3/c1-19-16(21)13-7-8-14-15(11-13)18(23)20(17(14)22)10-9-12-5-3-2-4-6-12/h2-8,11H,9-10H2,1H3,(H,19,21). The molecular weight excluding hydrogens is 292 g/mol. The lowest BCUT2D eigenvalue weighted by Crippen LogP contribution is -2.31. The van der Waals surface area contributed by atoms with Gasteiger partial charge < -0.3 is 5.32 Å². The third-order valence-electron chi connectivity index (χ3n) is 3.93. The fourth-order valence-corrected chi connectivity index (χ4v) is 2.66. The van der Waals surface area contributed by atoms with E-state index >= 15 is 0 Å². The molecule has 0 bridgehead atoms. The van der Waals surface area contributed by atoms with Crippen LogP contribution in [0, 0.1) is 0 Å². The first-order chi connectivity index (χ1) is 11.1. The largest absolute Gasteiger partial charge is 0.355 e. The van der Waals surface area contributed by atoms with Gasteiger partial charge in [0.2, 0.25) is 0 Å². The van der Waals surface area contributed by atoms with Crippen LogP contribution in [0.5, 0.6) is 0 Å². The van der Waals surface area contributed by atoms with E-state index in [1.54, 1.807) is 12.1 Å². The second-order valence-electron chi connectivity index (χ2n) is 5.34. The van der Waals surface area contributed by atoms with E-state index in [9.17, 15) is 14.4 Å². The number of nitrogens with one attached hydrogen (secondary N) is 1. The molecule has 0 fully saturated rings. The smallest absolute Gasteiger partial charge is 0.261 e. The zero-order valence-corrected chi connectivity index (χ0v) is 12.7. The Labute approximate surface area is 133 Å². The number of amides is 3. The van der Waals surface area contributed by atoms with E-state index in [0.717, 1.165) is 5.56 Å². The average Bonchev–Trinajstić information content (AvgIpc) is 2.84. The van der Waals surface area contributed by atoms with Crippen LogP contribution in [0.25, 0.3) is 0 Å². The molecule has 0 radical (unpaired) electrons. The van der Waals surface area contributed by atoms with Crippen LogP contribution in [0.4, 0.5) is 0 Å². The third-order valence-corrected chi connectivity index (χ3v) is 3.93. The number of rotatable bonds is 4. The highest BCUT2D eigenvalue weighted by Crippen LogP contribution is 2.24. The van der Waals surface area contributed by atoms with E-state index in [0.29, 0.717) is 29.7 Å². The molecule has 0 aliphatic carbocycles. The van der Waals surface area contributed by atoms with Crippen LogP contribution in [0.15, 0.2) is 48.5 Å². The summed E-state index contributed by atoms with van der Waals surface area (Å²) >= 11 is 0. The first kappa shape index (κ1) is 15.0. The third kappa shape index (κ3) is 2.73. The highest BCUT2D eigenvalue weighted by Gasteiger charge is 2.35. The van der Waals surface area contributed by atoms with Crippen molar-refractivity contribution >= 4 is 17.7 Å². The molecule has 0 atom stereocenters. The number of benzene rings is 2. The Morgan fingerprint density at radius 1 is 1.00 bits per heavy atom. The lowest BCUT2D eigenvalue weighted by atomic mass is 10.1. The van der Waals surface area contributed by atoms with Crippen LogP contribution in [0.2, 0.25) is 0 Å².